The maximum Gasteiger partial charge on any atom is 0.323 e. The molecule has 0 radical (unpaired) electrons. The maximum atomic E-state index is 13.0. The number of carboxylic acids is 1. The van der Waals surface area contributed by atoms with Gasteiger partial charge < -0.3 is 20.4 Å². The molecule has 0 aliphatic rings. The van der Waals surface area contributed by atoms with E-state index in [-0.39, 0.29) is 21.4 Å². The van der Waals surface area contributed by atoms with Gasteiger partial charge in [-0.05, 0) is 73.0 Å². The van der Waals surface area contributed by atoms with Crippen LogP contribution in [0.1, 0.15) is 34.5 Å². The molecule has 0 aliphatic heterocycles. The van der Waals surface area contributed by atoms with Crippen LogP contribution in [0.25, 0.3) is 0 Å². The van der Waals surface area contributed by atoms with Crippen LogP contribution in [0.3, 0.4) is 0 Å². The average Bonchev–Trinajstić information content (AvgIpc) is 2.86. The van der Waals surface area contributed by atoms with Gasteiger partial charge in [0, 0.05) is 30.2 Å². The minimum atomic E-state index is -3.80. The molecule has 3 rings (SSSR count). The van der Waals surface area contributed by atoms with Crippen LogP contribution in [0.15, 0.2) is 82.6 Å². The third-order valence-corrected chi connectivity index (χ3v) is 7.82. The summed E-state index contributed by atoms with van der Waals surface area (Å²) in [6.07, 6.45) is -0.0728. The van der Waals surface area contributed by atoms with E-state index < -0.39 is 34.4 Å². The fourth-order valence-electron chi connectivity index (χ4n) is 3.78. The fraction of sp³-hybridized carbons (Fsp3) is 0.259. The van der Waals surface area contributed by atoms with E-state index in [1.165, 1.54) is 43.4 Å². The number of amides is 1. The molecule has 0 bridgehead atoms. The van der Waals surface area contributed by atoms with Crippen molar-refractivity contribution in [2.24, 2.45) is 0 Å². The molecule has 196 valence electrons. The molecule has 3 N–H and O–H groups in total. The molecular weight excluding hydrogens is 516 g/mol. The third kappa shape index (κ3) is 7.62. The lowest BCUT2D eigenvalue weighted by Crippen LogP contribution is -2.32. The zero-order valence-electron chi connectivity index (χ0n) is 20.5. The van der Waals surface area contributed by atoms with E-state index >= 15 is 0 Å². The second kappa shape index (κ2) is 12.3. The van der Waals surface area contributed by atoms with Crippen molar-refractivity contribution in [3.63, 3.8) is 0 Å². The van der Waals surface area contributed by atoms with Gasteiger partial charge in [0.15, 0.2) is 0 Å². The Morgan fingerprint density at radius 1 is 1.00 bits per heavy atom. The molecule has 0 fully saturated rings. The second-order valence-electron chi connectivity index (χ2n) is 8.81. The molecule has 2 atom stereocenters. The molecule has 8 nitrogen and oxygen atoms in total. The highest BCUT2D eigenvalue weighted by atomic mass is 35.5. The number of benzene rings is 3. The number of aliphatic carboxylic acids is 1. The zero-order chi connectivity index (χ0) is 27.2. The number of nitrogens with zero attached hydrogens (tertiary/aromatic N) is 1. The van der Waals surface area contributed by atoms with E-state index in [2.05, 4.69) is 5.32 Å². The molecule has 0 unspecified atom stereocenters. The average molecular weight is 545 g/mol. The fourth-order valence-corrected chi connectivity index (χ4v) is 5.24. The van der Waals surface area contributed by atoms with E-state index in [4.69, 9.17) is 16.7 Å². The number of likely N-dealkylation sites (N-methyl/N-ethyl adjacent to an activating group) is 1. The van der Waals surface area contributed by atoms with E-state index in [1.807, 2.05) is 13.0 Å². The van der Waals surface area contributed by atoms with Gasteiger partial charge in [0.25, 0.3) is 5.91 Å². The van der Waals surface area contributed by atoms with Crippen LogP contribution in [0.5, 0.6) is 0 Å². The molecule has 0 aliphatic carbocycles. The number of aliphatic hydroxyl groups excluding tert-OH is 1. The van der Waals surface area contributed by atoms with Crippen LogP contribution in [0.4, 0.5) is 0 Å². The Labute approximate surface area is 221 Å². The first kappa shape index (κ1) is 28.3. The minimum absolute atomic E-state index is 0.0284. The Morgan fingerprint density at radius 3 is 2.16 bits per heavy atom. The number of hydrogen-bond acceptors (Lipinski definition) is 6. The van der Waals surface area contributed by atoms with Crippen LogP contribution in [0.2, 0.25) is 5.02 Å². The summed E-state index contributed by atoms with van der Waals surface area (Å²) >= 11 is 5.98. The van der Waals surface area contributed by atoms with Crippen LogP contribution in [-0.4, -0.2) is 61.6 Å². The van der Waals surface area contributed by atoms with E-state index in [0.29, 0.717) is 18.0 Å². The number of hydrogen-bond donors (Lipinski definition) is 3. The van der Waals surface area contributed by atoms with Crippen molar-refractivity contribution in [3.8, 4) is 0 Å². The van der Waals surface area contributed by atoms with E-state index in [9.17, 15) is 23.1 Å². The molecule has 0 saturated heterocycles. The summed E-state index contributed by atoms with van der Waals surface area (Å²) in [7, 11) is -2.44. The predicted octanol–water partition coefficient (Wildman–Crippen LogP) is 3.58. The standard InChI is InChI=1S/C27H29ClN2O6S/c1-18(29-16-25(31)21-4-3-5-22(28)15-21)14-19-6-10-23(11-7-19)37(35,36)24-12-8-20(9-13-24)27(34)30(2)17-26(32)33/h3-13,15,18,25,29,31H,14,16-17H2,1-2H3,(H,32,33)/t18-,25-/m1/s1. The van der Waals surface area contributed by atoms with Gasteiger partial charge in [-0.2, -0.15) is 0 Å². The van der Waals surface area contributed by atoms with Gasteiger partial charge in [0.1, 0.15) is 6.54 Å². The highest BCUT2D eigenvalue weighted by Crippen LogP contribution is 2.23. The lowest BCUT2D eigenvalue weighted by Gasteiger charge is -2.18. The highest BCUT2D eigenvalue weighted by Gasteiger charge is 2.20. The summed E-state index contributed by atoms with van der Waals surface area (Å²) < 4.78 is 26.1. The van der Waals surface area contributed by atoms with Crippen molar-refractivity contribution < 1.29 is 28.2 Å². The first-order valence-corrected chi connectivity index (χ1v) is 13.4. The van der Waals surface area contributed by atoms with E-state index in [1.54, 1.807) is 30.3 Å². The molecule has 1 amide bonds. The Bertz CT molecular complexity index is 1340. The largest absolute Gasteiger partial charge is 0.480 e. The molecule has 37 heavy (non-hydrogen) atoms. The first-order valence-electron chi connectivity index (χ1n) is 11.6. The summed E-state index contributed by atoms with van der Waals surface area (Å²) in [5.41, 5.74) is 1.85. The van der Waals surface area contributed by atoms with Crippen LogP contribution in [-0.2, 0) is 21.1 Å². The normalized spacial score (nSPS) is 13.1. The number of carbonyl (C=O) groups excluding carboxylic acids is 1. The van der Waals surface area contributed by atoms with Crippen molar-refractivity contribution in [1.82, 2.24) is 10.2 Å². The molecule has 0 spiro atoms. The van der Waals surface area contributed by atoms with E-state index in [0.717, 1.165) is 16.0 Å². The Balaban J connectivity index is 1.60. The summed E-state index contributed by atoms with van der Waals surface area (Å²) in [4.78, 5) is 24.3. The van der Waals surface area contributed by atoms with Crippen molar-refractivity contribution >= 4 is 33.3 Å². The molecule has 3 aromatic carbocycles. The maximum absolute atomic E-state index is 13.0. The monoisotopic (exact) mass is 544 g/mol. The number of rotatable bonds is 11. The summed E-state index contributed by atoms with van der Waals surface area (Å²) in [6, 6.07) is 19.1. The second-order valence-corrected chi connectivity index (χ2v) is 11.2. The number of carbonyl (C=O) groups is 2. The Morgan fingerprint density at radius 2 is 1.59 bits per heavy atom. The summed E-state index contributed by atoms with van der Waals surface area (Å²) in [6.45, 7) is 1.87. The van der Waals surface area contributed by atoms with Gasteiger partial charge in [0.05, 0.1) is 15.9 Å². The first-order chi connectivity index (χ1) is 17.5. The Kier molecular flexibility index (Phi) is 9.45. The van der Waals surface area contributed by atoms with Gasteiger partial charge >= 0.3 is 5.97 Å². The van der Waals surface area contributed by atoms with Crippen molar-refractivity contribution in [1.29, 1.82) is 0 Å². The quantitative estimate of drug-likeness (QED) is 0.337. The van der Waals surface area contributed by atoms with Crippen LogP contribution in [0, 0.1) is 0 Å². The third-order valence-electron chi connectivity index (χ3n) is 5.80. The highest BCUT2D eigenvalue weighted by molar-refractivity contribution is 7.91. The van der Waals surface area contributed by atoms with Crippen LogP contribution < -0.4 is 5.32 Å². The number of sulfone groups is 1. The molecule has 0 aromatic heterocycles. The minimum Gasteiger partial charge on any atom is -0.480 e. The topological polar surface area (TPSA) is 124 Å². The molecule has 10 heteroatoms. The summed E-state index contributed by atoms with van der Waals surface area (Å²) in [5, 5.41) is 23.0. The zero-order valence-corrected chi connectivity index (χ0v) is 22.0. The molecule has 0 saturated carbocycles. The number of aliphatic hydroxyl groups is 1. The lowest BCUT2D eigenvalue weighted by atomic mass is 10.1. The smallest absolute Gasteiger partial charge is 0.323 e. The van der Waals surface area contributed by atoms with Crippen molar-refractivity contribution in [3.05, 3.63) is 94.5 Å². The van der Waals surface area contributed by atoms with Crippen molar-refractivity contribution in [2.75, 3.05) is 20.1 Å². The van der Waals surface area contributed by atoms with Gasteiger partial charge in [-0.3, -0.25) is 9.59 Å². The van der Waals surface area contributed by atoms with Crippen molar-refractivity contribution in [2.45, 2.75) is 35.3 Å². The molecule has 0 heterocycles. The number of nitrogens with one attached hydrogen (secondary N) is 1. The van der Waals surface area contributed by atoms with Gasteiger partial charge in [-0.1, -0.05) is 35.9 Å². The number of carboxylic acid groups (broad SMARTS) is 1. The molecular formula is C27H29ClN2O6S. The number of halogens is 1. The SMILES string of the molecule is C[C@H](Cc1ccc(S(=O)(=O)c2ccc(C(=O)N(C)CC(=O)O)cc2)cc1)NC[C@@H](O)c1cccc(Cl)c1. The lowest BCUT2D eigenvalue weighted by molar-refractivity contribution is -0.137. The Hall–Kier alpha value is -3.24. The van der Waals surface area contributed by atoms with Gasteiger partial charge in [-0.25, -0.2) is 8.42 Å². The predicted molar refractivity (Wildman–Crippen MR) is 141 cm³/mol. The van der Waals surface area contributed by atoms with Crippen LogP contribution >= 0.6 is 11.6 Å². The van der Waals surface area contributed by atoms with Gasteiger partial charge in [-0.15, -0.1) is 0 Å². The molecule has 3 aromatic rings. The van der Waals surface area contributed by atoms with Gasteiger partial charge in [0.2, 0.25) is 9.84 Å². The summed E-state index contributed by atoms with van der Waals surface area (Å²) in [5.74, 6) is -1.66.